The van der Waals surface area contributed by atoms with Gasteiger partial charge in [-0.3, -0.25) is 9.59 Å². The van der Waals surface area contributed by atoms with Crippen molar-refractivity contribution in [1.29, 1.82) is 0 Å². The number of carbonyl (C=O) groups is 2. The van der Waals surface area contributed by atoms with Gasteiger partial charge < -0.3 is 10.1 Å². The number of hydrogen-bond donors (Lipinski definition) is 1. The zero-order chi connectivity index (χ0) is 18.2. The summed E-state index contributed by atoms with van der Waals surface area (Å²) in [6.45, 7) is -0.467. The van der Waals surface area contributed by atoms with Crippen molar-refractivity contribution in [3.63, 3.8) is 0 Å². The van der Waals surface area contributed by atoms with Crippen molar-refractivity contribution < 1.29 is 18.7 Å². The van der Waals surface area contributed by atoms with Crippen molar-refractivity contribution in [3.8, 4) is 0 Å². The number of esters is 1. The van der Waals surface area contributed by atoms with E-state index in [4.69, 9.17) is 16.3 Å². The van der Waals surface area contributed by atoms with Gasteiger partial charge in [-0.15, -0.1) is 11.8 Å². The van der Waals surface area contributed by atoms with Gasteiger partial charge in [0.2, 0.25) is 0 Å². The van der Waals surface area contributed by atoms with Crippen LogP contribution in [0.15, 0.2) is 51.8 Å². The van der Waals surface area contributed by atoms with E-state index in [-0.39, 0.29) is 12.1 Å². The molecule has 0 aliphatic rings. The van der Waals surface area contributed by atoms with Crippen molar-refractivity contribution in [3.05, 3.63) is 57.8 Å². The average molecular weight is 447 g/mol. The predicted molar refractivity (Wildman–Crippen MR) is 100 cm³/mol. The number of ether oxygens (including phenoxy) is 1. The molecule has 0 radical (unpaired) electrons. The highest BCUT2D eigenvalue weighted by molar-refractivity contribution is 9.10. The van der Waals surface area contributed by atoms with Crippen LogP contribution < -0.4 is 5.32 Å². The van der Waals surface area contributed by atoms with E-state index in [1.807, 2.05) is 18.2 Å². The minimum atomic E-state index is -0.603. The Bertz CT molecular complexity index is 775. The molecule has 1 amide bonds. The highest BCUT2D eigenvalue weighted by Crippen LogP contribution is 2.27. The fourth-order valence-corrected chi connectivity index (χ4v) is 3.30. The Balaban J connectivity index is 1.70. The number of carbonyl (C=O) groups excluding carboxylic acids is 2. The summed E-state index contributed by atoms with van der Waals surface area (Å²) in [6, 6.07) is 11.6. The first-order chi connectivity index (χ1) is 12.0. The predicted octanol–water partition coefficient (Wildman–Crippen LogP) is 4.91. The standard InChI is InChI=1S/C17H14BrClFNO3S/c18-11-5-6-14(13(20)9-11)21-16(22)10-24-17(23)7-8-25-15-4-2-1-3-12(15)19/h1-6,9H,7-8,10H2,(H,21,22). The van der Waals surface area contributed by atoms with Crippen LogP contribution in [0, 0.1) is 5.82 Å². The van der Waals surface area contributed by atoms with Crippen LogP contribution in [0.2, 0.25) is 5.02 Å². The Kier molecular flexibility index (Phi) is 7.74. The van der Waals surface area contributed by atoms with Gasteiger partial charge in [-0.05, 0) is 30.3 Å². The van der Waals surface area contributed by atoms with Crippen LogP contribution in [-0.2, 0) is 14.3 Å². The average Bonchev–Trinajstić information content (AvgIpc) is 2.57. The summed E-state index contributed by atoms with van der Waals surface area (Å²) in [7, 11) is 0. The molecular formula is C17H14BrClFNO3S. The Morgan fingerprint density at radius 2 is 2.00 bits per heavy atom. The van der Waals surface area contributed by atoms with Crippen molar-refractivity contribution in [2.24, 2.45) is 0 Å². The van der Waals surface area contributed by atoms with Crippen LogP contribution in [0.5, 0.6) is 0 Å². The van der Waals surface area contributed by atoms with Gasteiger partial charge >= 0.3 is 5.97 Å². The molecule has 8 heteroatoms. The van der Waals surface area contributed by atoms with Gasteiger partial charge in [0.05, 0.1) is 17.1 Å². The summed E-state index contributed by atoms with van der Waals surface area (Å²) >= 11 is 10.6. The maximum atomic E-state index is 13.6. The van der Waals surface area contributed by atoms with Gasteiger partial charge in [-0.25, -0.2) is 4.39 Å². The Morgan fingerprint density at radius 3 is 2.72 bits per heavy atom. The number of hydrogen-bond acceptors (Lipinski definition) is 4. The number of amides is 1. The van der Waals surface area contributed by atoms with Gasteiger partial charge in [0, 0.05) is 15.1 Å². The lowest BCUT2D eigenvalue weighted by Gasteiger charge is -2.08. The van der Waals surface area contributed by atoms with E-state index in [0.29, 0.717) is 15.2 Å². The molecule has 0 atom stereocenters. The number of halogens is 3. The molecule has 0 bridgehead atoms. The smallest absolute Gasteiger partial charge is 0.307 e. The van der Waals surface area contributed by atoms with Crippen molar-refractivity contribution in [2.75, 3.05) is 17.7 Å². The fraction of sp³-hybridized carbons (Fsp3) is 0.176. The first kappa shape index (κ1) is 19.8. The molecule has 0 saturated carbocycles. The zero-order valence-electron chi connectivity index (χ0n) is 12.9. The SMILES string of the molecule is O=C(COC(=O)CCSc1ccccc1Cl)Nc1ccc(Br)cc1F. The summed E-state index contributed by atoms with van der Waals surface area (Å²) in [4.78, 5) is 24.2. The van der Waals surface area contributed by atoms with E-state index >= 15 is 0 Å². The molecule has 1 N–H and O–H groups in total. The highest BCUT2D eigenvalue weighted by atomic mass is 79.9. The number of nitrogens with one attached hydrogen (secondary N) is 1. The zero-order valence-corrected chi connectivity index (χ0v) is 16.1. The summed E-state index contributed by atoms with van der Waals surface area (Å²) in [5.41, 5.74) is 0.0264. The molecule has 0 saturated heterocycles. The lowest BCUT2D eigenvalue weighted by Crippen LogP contribution is -2.21. The number of rotatable bonds is 7. The van der Waals surface area contributed by atoms with Crippen molar-refractivity contribution in [1.82, 2.24) is 0 Å². The largest absolute Gasteiger partial charge is 0.456 e. The van der Waals surface area contributed by atoms with E-state index in [9.17, 15) is 14.0 Å². The highest BCUT2D eigenvalue weighted by Gasteiger charge is 2.11. The second kappa shape index (κ2) is 9.79. The van der Waals surface area contributed by atoms with E-state index in [0.717, 1.165) is 4.90 Å². The molecule has 0 heterocycles. The third-order valence-electron chi connectivity index (χ3n) is 2.97. The quantitative estimate of drug-likeness (QED) is 0.485. The number of thioether (sulfide) groups is 1. The summed E-state index contributed by atoms with van der Waals surface area (Å²) in [5.74, 6) is -1.21. The molecule has 0 aliphatic heterocycles. The van der Waals surface area contributed by atoms with Crippen LogP contribution in [0.4, 0.5) is 10.1 Å². The minimum Gasteiger partial charge on any atom is -0.456 e. The van der Waals surface area contributed by atoms with Crippen LogP contribution in [0.25, 0.3) is 0 Å². The van der Waals surface area contributed by atoms with E-state index in [2.05, 4.69) is 21.2 Å². The fourth-order valence-electron chi connectivity index (χ4n) is 1.80. The molecule has 2 aromatic carbocycles. The molecule has 25 heavy (non-hydrogen) atoms. The lowest BCUT2D eigenvalue weighted by molar-refractivity contribution is -0.146. The number of benzene rings is 2. The third-order valence-corrected chi connectivity index (χ3v) is 4.98. The molecule has 0 unspecified atom stereocenters. The Labute approximate surface area is 162 Å². The van der Waals surface area contributed by atoms with Crippen LogP contribution in [0.3, 0.4) is 0 Å². The second-order valence-corrected chi connectivity index (χ2v) is 7.32. The van der Waals surface area contributed by atoms with Gasteiger partial charge in [-0.1, -0.05) is 39.7 Å². The van der Waals surface area contributed by atoms with Gasteiger partial charge in [0.25, 0.3) is 5.91 Å². The molecule has 4 nitrogen and oxygen atoms in total. The Hall–Kier alpha value is -1.57. The van der Waals surface area contributed by atoms with E-state index in [1.165, 1.54) is 23.9 Å². The lowest BCUT2D eigenvalue weighted by atomic mass is 10.3. The first-order valence-electron chi connectivity index (χ1n) is 7.23. The first-order valence-corrected chi connectivity index (χ1v) is 9.39. The minimum absolute atomic E-state index is 0.0264. The van der Waals surface area contributed by atoms with Gasteiger partial charge in [0.15, 0.2) is 6.61 Å². The summed E-state index contributed by atoms with van der Waals surface area (Å²) in [5, 5.41) is 2.97. The maximum absolute atomic E-state index is 13.6. The van der Waals surface area contributed by atoms with Gasteiger partial charge in [-0.2, -0.15) is 0 Å². The molecule has 0 fully saturated rings. The van der Waals surface area contributed by atoms with Crippen LogP contribution in [0.1, 0.15) is 6.42 Å². The molecule has 0 aromatic heterocycles. The summed E-state index contributed by atoms with van der Waals surface area (Å²) in [6.07, 6.45) is 0.135. The van der Waals surface area contributed by atoms with Crippen LogP contribution in [-0.4, -0.2) is 24.2 Å². The Morgan fingerprint density at radius 1 is 1.24 bits per heavy atom. The monoisotopic (exact) mass is 445 g/mol. The number of anilines is 1. The topological polar surface area (TPSA) is 55.4 Å². The summed E-state index contributed by atoms with van der Waals surface area (Å²) < 4.78 is 19.0. The molecule has 0 aliphatic carbocycles. The molecule has 132 valence electrons. The van der Waals surface area contributed by atoms with Crippen molar-refractivity contribution >= 4 is 56.9 Å². The molecule has 2 aromatic rings. The normalized spacial score (nSPS) is 10.4. The maximum Gasteiger partial charge on any atom is 0.307 e. The third kappa shape index (κ3) is 6.68. The molecule has 0 spiro atoms. The molecule has 2 rings (SSSR count). The van der Waals surface area contributed by atoms with Crippen LogP contribution >= 0.6 is 39.3 Å². The van der Waals surface area contributed by atoms with Crippen molar-refractivity contribution in [2.45, 2.75) is 11.3 Å². The van der Waals surface area contributed by atoms with E-state index in [1.54, 1.807) is 12.1 Å². The molecular weight excluding hydrogens is 433 g/mol. The van der Waals surface area contributed by atoms with Gasteiger partial charge in [0.1, 0.15) is 5.82 Å². The van der Waals surface area contributed by atoms with E-state index < -0.39 is 24.3 Å². The second-order valence-electron chi connectivity index (χ2n) is 4.86.